The lowest BCUT2D eigenvalue weighted by Crippen LogP contribution is -2.36. The monoisotopic (exact) mass is 245 g/mol. The fourth-order valence-electron chi connectivity index (χ4n) is 1.08. The fourth-order valence-corrected chi connectivity index (χ4v) is 1.87. The Labute approximate surface area is 97.6 Å². The van der Waals surface area contributed by atoms with Crippen LogP contribution < -0.4 is 0 Å². The summed E-state index contributed by atoms with van der Waals surface area (Å²) in [5.74, 6) is -0.158. The molecule has 1 amide bonds. The Bertz CT molecular complexity index is 364. The summed E-state index contributed by atoms with van der Waals surface area (Å²) in [6, 6.07) is 0.0955. The third-order valence-electron chi connectivity index (χ3n) is 1.79. The van der Waals surface area contributed by atoms with Crippen LogP contribution in [-0.4, -0.2) is 33.6 Å². The van der Waals surface area contributed by atoms with Crippen molar-refractivity contribution >= 4 is 28.8 Å². The number of hydrogen-bond donors (Lipinski definition) is 0. The number of amides is 1. The second-order valence-electron chi connectivity index (χ2n) is 3.20. The van der Waals surface area contributed by atoms with Crippen molar-refractivity contribution in [2.75, 3.05) is 6.54 Å². The molecule has 0 unspecified atom stereocenters. The van der Waals surface area contributed by atoms with Crippen LogP contribution in [0.4, 0.5) is 0 Å². The van der Waals surface area contributed by atoms with E-state index in [9.17, 15) is 4.79 Å². The zero-order chi connectivity index (χ0) is 11.4. The molecule has 0 atom stereocenters. The molecule has 4 nitrogen and oxygen atoms in total. The third-order valence-corrected chi connectivity index (χ3v) is 2.80. The van der Waals surface area contributed by atoms with E-state index in [1.54, 1.807) is 11.0 Å². The fraction of sp³-hybridized carbons (Fsp3) is 0.444. The first-order valence-electron chi connectivity index (χ1n) is 4.47. The van der Waals surface area contributed by atoms with Gasteiger partial charge in [0.25, 0.3) is 5.91 Å². The molecule has 82 valence electrons. The van der Waals surface area contributed by atoms with Crippen molar-refractivity contribution in [3.05, 3.63) is 22.1 Å². The number of nitrogens with zero attached hydrogens (tertiary/aromatic N) is 3. The highest BCUT2D eigenvalue weighted by molar-refractivity contribution is 7.17. The number of aromatic nitrogens is 2. The Morgan fingerprint density at radius 3 is 2.73 bits per heavy atom. The SMILES string of the molecule is C=CCN(C(=O)c1nnc(Cl)s1)C(C)C. The van der Waals surface area contributed by atoms with Crippen LogP contribution in [0.1, 0.15) is 23.6 Å². The lowest BCUT2D eigenvalue weighted by atomic mass is 10.3. The largest absolute Gasteiger partial charge is 0.330 e. The minimum Gasteiger partial charge on any atom is -0.330 e. The Morgan fingerprint density at radius 2 is 2.33 bits per heavy atom. The van der Waals surface area contributed by atoms with Crippen molar-refractivity contribution in [2.24, 2.45) is 0 Å². The minimum absolute atomic E-state index is 0.0955. The second kappa shape index (κ2) is 5.23. The van der Waals surface area contributed by atoms with Crippen molar-refractivity contribution in [1.82, 2.24) is 15.1 Å². The van der Waals surface area contributed by atoms with Crippen LogP contribution in [0, 0.1) is 0 Å². The van der Waals surface area contributed by atoms with Gasteiger partial charge < -0.3 is 4.90 Å². The highest BCUT2D eigenvalue weighted by atomic mass is 35.5. The van der Waals surface area contributed by atoms with E-state index in [1.807, 2.05) is 13.8 Å². The summed E-state index contributed by atoms with van der Waals surface area (Å²) in [6.07, 6.45) is 1.68. The average Bonchev–Trinajstić information content (AvgIpc) is 2.59. The number of hydrogen-bond acceptors (Lipinski definition) is 4. The number of rotatable bonds is 4. The van der Waals surface area contributed by atoms with E-state index in [4.69, 9.17) is 11.6 Å². The standard InChI is InChI=1S/C9H12ClN3OS/c1-4-5-13(6(2)3)8(14)7-11-12-9(10)15-7/h4,6H,1,5H2,2-3H3. The molecule has 0 bridgehead atoms. The Kier molecular flexibility index (Phi) is 4.23. The highest BCUT2D eigenvalue weighted by Crippen LogP contribution is 2.17. The molecule has 1 aromatic heterocycles. The lowest BCUT2D eigenvalue weighted by Gasteiger charge is -2.23. The molecule has 0 aromatic carbocycles. The van der Waals surface area contributed by atoms with Gasteiger partial charge in [-0.3, -0.25) is 4.79 Å². The quantitative estimate of drug-likeness (QED) is 0.765. The summed E-state index contributed by atoms with van der Waals surface area (Å²) in [6.45, 7) is 7.97. The summed E-state index contributed by atoms with van der Waals surface area (Å²) in [4.78, 5) is 13.6. The molecule has 0 radical (unpaired) electrons. The van der Waals surface area contributed by atoms with Crippen LogP contribution in [-0.2, 0) is 0 Å². The maximum Gasteiger partial charge on any atom is 0.285 e. The summed E-state index contributed by atoms with van der Waals surface area (Å²) in [7, 11) is 0. The first-order chi connectivity index (χ1) is 7.06. The van der Waals surface area contributed by atoms with Crippen molar-refractivity contribution in [3.8, 4) is 0 Å². The molecule has 1 aromatic rings. The van der Waals surface area contributed by atoms with Crippen LogP contribution in [0.2, 0.25) is 4.47 Å². The van der Waals surface area contributed by atoms with Gasteiger partial charge in [0.15, 0.2) is 0 Å². The zero-order valence-corrected chi connectivity index (χ0v) is 10.2. The molecule has 15 heavy (non-hydrogen) atoms. The van der Waals surface area contributed by atoms with E-state index in [-0.39, 0.29) is 16.4 Å². The highest BCUT2D eigenvalue weighted by Gasteiger charge is 2.21. The van der Waals surface area contributed by atoms with Crippen molar-refractivity contribution in [3.63, 3.8) is 0 Å². The molecule has 0 aliphatic rings. The molecule has 1 rings (SSSR count). The molecule has 0 N–H and O–H groups in total. The van der Waals surface area contributed by atoms with E-state index in [0.29, 0.717) is 11.6 Å². The number of carbonyl (C=O) groups excluding carboxylic acids is 1. The predicted octanol–water partition coefficient (Wildman–Crippen LogP) is 2.23. The smallest absolute Gasteiger partial charge is 0.285 e. The normalized spacial score (nSPS) is 10.4. The molecular formula is C9H12ClN3OS. The summed E-state index contributed by atoms with van der Waals surface area (Å²) < 4.78 is 0.278. The van der Waals surface area contributed by atoms with E-state index in [2.05, 4.69) is 16.8 Å². The minimum atomic E-state index is -0.158. The second-order valence-corrected chi connectivity index (χ2v) is 4.76. The molecule has 0 spiro atoms. The van der Waals surface area contributed by atoms with Crippen LogP contribution in [0.25, 0.3) is 0 Å². The van der Waals surface area contributed by atoms with Crippen LogP contribution in [0.5, 0.6) is 0 Å². The van der Waals surface area contributed by atoms with E-state index in [1.165, 1.54) is 0 Å². The zero-order valence-electron chi connectivity index (χ0n) is 8.61. The molecule has 0 aliphatic heterocycles. The van der Waals surface area contributed by atoms with Gasteiger partial charge in [0.1, 0.15) is 0 Å². The molecular weight excluding hydrogens is 234 g/mol. The van der Waals surface area contributed by atoms with Gasteiger partial charge in [-0.05, 0) is 25.4 Å². The Hall–Kier alpha value is -0.940. The van der Waals surface area contributed by atoms with Gasteiger partial charge in [0, 0.05) is 12.6 Å². The average molecular weight is 246 g/mol. The lowest BCUT2D eigenvalue weighted by molar-refractivity contribution is 0.0727. The molecule has 0 saturated carbocycles. The van der Waals surface area contributed by atoms with Gasteiger partial charge in [-0.1, -0.05) is 17.4 Å². The van der Waals surface area contributed by atoms with Crippen LogP contribution >= 0.6 is 22.9 Å². The Morgan fingerprint density at radius 1 is 1.67 bits per heavy atom. The third kappa shape index (κ3) is 3.00. The van der Waals surface area contributed by atoms with E-state index < -0.39 is 0 Å². The van der Waals surface area contributed by atoms with Crippen molar-refractivity contribution in [1.29, 1.82) is 0 Å². The first kappa shape index (κ1) is 12.1. The van der Waals surface area contributed by atoms with Gasteiger partial charge in [-0.15, -0.1) is 16.8 Å². The van der Waals surface area contributed by atoms with Gasteiger partial charge in [0.05, 0.1) is 0 Å². The maximum atomic E-state index is 11.9. The van der Waals surface area contributed by atoms with Crippen LogP contribution in [0.3, 0.4) is 0 Å². The van der Waals surface area contributed by atoms with Gasteiger partial charge in [-0.2, -0.15) is 0 Å². The maximum absolute atomic E-state index is 11.9. The number of halogens is 1. The van der Waals surface area contributed by atoms with E-state index in [0.717, 1.165) is 11.3 Å². The first-order valence-corrected chi connectivity index (χ1v) is 5.66. The van der Waals surface area contributed by atoms with E-state index >= 15 is 0 Å². The van der Waals surface area contributed by atoms with Crippen molar-refractivity contribution < 1.29 is 4.79 Å². The van der Waals surface area contributed by atoms with Gasteiger partial charge >= 0.3 is 0 Å². The predicted molar refractivity (Wildman–Crippen MR) is 61.3 cm³/mol. The Balaban J connectivity index is 2.85. The molecule has 0 fully saturated rings. The van der Waals surface area contributed by atoms with Crippen LogP contribution in [0.15, 0.2) is 12.7 Å². The number of carbonyl (C=O) groups is 1. The molecule has 0 saturated heterocycles. The molecule has 1 heterocycles. The topological polar surface area (TPSA) is 46.1 Å². The van der Waals surface area contributed by atoms with Gasteiger partial charge in [-0.25, -0.2) is 0 Å². The van der Waals surface area contributed by atoms with Crippen molar-refractivity contribution in [2.45, 2.75) is 19.9 Å². The summed E-state index contributed by atoms with van der Waals surface area (Å²) >= 11 is 6.70. The summed E-state index contributed by atoms with van der Waals surface area (Å²) in [5, 5.41) is 7.63. The molecule has 0 aliphatic carbocycles. The summed E-state index contributed by atoms with van der Waals surface area (Å²) in [5.41, 5.74) is 0. The molecule has 6 heteroatoms. The van der Waals surface area contributed by atoms with Gasteiger partial charge in [0.2, 0.25) is 9.47 Å².